The summed E-state index contributed by atoms with van der Waals surface area (Å²) in [6, 6.07) is 15.4. The fourth-order valence-corrected chi connectivity index (χ4v) is 4.69. The van der Waals surface area contributed by atoms with E-state index in [1.54, 1.807) is 24.3 Å². The molecule has 1 amide bonds. The Balaban J connectivity index is 1.97. The Hall–Kier alpha value is -2.77. The van der Waals surface area contributed by atoms with Gasteiger partial charge in [-0.3, -0.25) is 14.5 Å². The third-order valence-electron chi connectivity index (χ3n) is 4.88. The van der Waals surface area contributed by atoms with Gasteiger partial charge in [0, 0.05) is 14.9 Å². The van der Waals surface area contributed by atoms with Gasteiger partial charge in [0.15, 0.2) is 5.13 Å². The lowest BCUT2D eigenvalue weighted by Gasteiger charge is -2.23. The average molecular weight is 469 g/mol. The molecule has 0 aliphatic carbocycles. The maximum absolute atomic E-state index is 13.0. The van der Waals surface area contributed by atoms with Crippen LogP contribution in [0.25, 0.3) is 5.76 Å². The zero-order valence-electron chi connectivity index (χ0n) is 15.7. The minimum absolute atomic E-state index is 0.0600. The van der Waals surface area contributed by atoms with Gasteiger partial charge >= 0.3 is 5.91 Å². The average Bonchev–Trinajstić information content (AvgIpc) is 3.18. The molecule has 1 saturated heterocycles. The fourth-order valence-electron chi connectivity index (χ4n) is 3.33. The molecule has 146 valence electrons. The van der Waals surface area contributed by atoms with Crippen molar-refractivity contribution in [3.63, 3.8) is 0 Å². The topological polar surface area (TPSA) is 70.5 Å². The van der Waals surface area contributed by atoms with Crippen LogP contribution < -0.4 is 4.90 Å². The Kier molecular flexibility index (Phi) is 5.10. The number of Topliss-reactive ketones (excluding diaryl/α,β-unsaturated/α-hetero) is 1. The summed E-state index contributed by atoms with van der Waals surface area (Å²) in [5.74, 6) is -1.61. The first-order valence-electron chi connectivity index (χ1n) is 8.94. The lowest BCUT2D eigenvalue weighted by atomic mass is 9.95. The Morgan fingerprint density at radius 3 is 2.45 bits per heavy atom. The predicted molar refractivity (Wildman–Crippen MR) is 117 cm³/mol. The van der Waals surface area contributed by atoms with Crippen molar-refractivity contribution in [3.8, 4) is 0 Å². The van der Waals surface area contributed by atoms with Gasteiger partial charge < -0.3 is 5.11 Å². The minimum atomic E-state index is -0.766. The first-order valence-corrected chi connectivity index (χ1v) is 10.6. The molecule has 4 rings (SSSR count). The van der Waals surface area contributed by atoms with Gasteiger partial charge in [0.2, 0.25) is 0 Å². The molecule has 0 bridgehead atoms. The highest BCUT2D eigenvalue weighted by Crippen LogP contribution is 2.44. The molecule has 0 radical (unpaired) electrons. The number of nitrogens with zero attached hydrogens (tertiary/aromatic N) is 2. The van der Waals surface area contributed by atoms with Gasteiger partial charge in [0.05, 0.1) is 17.3 Å². The second-order valence-electron chi connectivity index (χ2n) is 6.73. The van der Waals surface area contributed by atoms with E-state index in [4.69, 9.17) is 0 Å². The fraction of sp³-hybridized carbons (Fsp3) is 0.136. The number of aromatic nitrogens is 1. The highest BCUT2D eigenvalue weighted by atomic mass is 79.9. The molecule has 1 aromatic heterocycles. The van der Waals surface area contributed by atoms with Crippen LogP contribution >= 0.6 is 27.3 Å². The Bertz CT molecular complexity index is 1130. The SMILES string of the molecule is Cc1nc(N2C(=O)C(=O)/C(=C(/O)c3ccccc3)[C@H]2c2cccc(Br)c2)sc1C. The largest absolute Gasteiger partial charge is 0.507 e. The number of ketones is 1. The van der Waals surface area contributed by atoms with E-state index in [9.17, 15) is 14.7 Å². The normalized spacial score (nSPS) is 18.4. The molecule has 5 nitrogen and oxygen atoms in total. The number of aryl methyl sites for hydroxylation is 2. The summed E-state index contributed by atoms with van der Waals surface area (Å²) < 4.78 is 0.812. The second-order valence-corrected chi connectivity index (χ2v) is 8.83. The molecular weight excluding hydrogens is 452 g/mol. The van der Waals surface area contributed by atoms with Gasteiger partial charge in [-0.05, 0) is 31.5 Å². The number of anilines is 1. The Morgan fingerprint density at radius 2 is 1.83 bits per heavy atom. The first kappa shape index (κ1) is 19.5. The number of hydrogen-bond donors (Lipinski definition) is 1. The summed E-state index contributed by atoms with van der Waals surface area (Å²) in [4.78, 5) is 32.9. The molecule has 1 N–H and O–H groups in total. The number of carbonyl (C=O) groups excluding carboxylic acids is 2. The molecule has 29 heavy (non-hydrogen) atoms. The van der Waals surface area contributed by atoms with E-state index >= 15 is 0 Å². The molecule has 1 aliphatic rings. The standard InChI is InChI=1S/C22H17BrN2O3S/c1-12-13(2)29-22(24-12)25-18(15-9-6-10-16(23)11-15)17(20(27)21(25)28)19(26)14-7-4-3-5-8-14/h3-11,18,26H,1-2H3/b19-17+/t18-/m1/s1. The van der Waals surface area contributed by atoms with Crippen LogP contribution in [0.3, 0.4) is 0 Å². The zero-order chi connectivity index (χ0) is 20.7. The zero-order valence-corrected chi connectivity index (χ0v) is 18.1. The summed E-state index contributed by atoms with van der Waals surface area (Å²) in [5, 5.41) is 11.4. The number of benzene rings is 2. The molecule has 0 spiro atoms. The molecule has 1 fully saturated rings. The molecule has 7 heteroatoms. The van der Waals surface area contributed by atoms with Crippen molar-refractivity contribution >= 4 is 49.8 Å². The van der Waals surface area contributed by atoms with Crippen LogP contribution in [0.15, 0.2) is 64.6 Å². The summed E-state index contributed by atoms with van der Waals surface area (Å²) in [6.45, 7) is 3.79. The summed E-state index contributed by atoms with van der Waals surface area (Å²) in [6.07, 6.45) is 0. The minimum Gasteiger partial charge on any atom is -0.507 e. The number of aliphatic hydroxyl groups is 1. The highest BCUT2D eigenvalue weighted by molar-refractivity contribution is 9.10. The van der Waals surface area contributed by atoms with Crippen molar-refractivity contribution in [2.45, 2.75) is 19.9 Å². The molecule has 0 saturated carbocycles. The number of carbonyl (C=O) groups is 2. The molecule has 2 heterocycles. The van der Waals surface area contributed by atoms with Crippen LogP contribution in [0.5, 0.6) is 0 Å². The second kappa shape index (κ2) is 7.57. The Morgan fingerprint density at radius 1 is 1.10 bits per heavy atom. The van der Waals surface area contributed by atoms with E-state index in [2.05, 4.69) is 20.9 Å². The van der Waals surface area contributed by atoms with Gasteiger partial charge in [0.1, 0.15) is 5.76 Å². The van der Waals surface area contributed by atoms with Crippen molar-refractivity contribution in [2.24, 2.45) is 0 Å². The highest BCUT2D eigenvalue weighted by Gasteiger charge is 2.48. The smallest absolute Gasteiger partial charge is 0.301 e. The maximum Gasteiger partial charge on any atom is 0.301 e. The van der Waals surface area contributed by atoms with Crippen molar-refractivity contribution in [3.05, 3.63) is 86.3 Å². The monoisotopic (exact) mass is 468 g/mol. The van der Waals surface area contributed by atoms with E-state index in [0.29, 0.717) is 16.3 Å². The van der Waals surface area contributed by atoms with E-state index in [1.807, 2.05) is 44.2 Å². The van der Waals surface area contributed by atoms with E-state index in [-0.39, 0.29) is 11.3 Å². The quantitative estimate of drug-likeness (QED) is 0.327. The van der Waals surface area contributed by atoms with Gasteiger partial charge in [0.25, 0.3) is 5.78 Å². The van der Waals surface area contributed by atoms with Crippen LogP contribution in [0.1, 0.15) is 27.7 Å². The van der Waals surface area contributed by atoms with Gasteiger partial charge in [-0.15, -0.1) is 11.3 Å². The van der Waals surface area contributed by atoms with Gasteiger partial charge in [-0.25, -0.2) is 4.98 Å². The molecule has 0 unspecified atom stereocenters. The third-order valence-corrected chi connectivity index (χ3v) is 6.44. The number of amides is 1. The van der Waals surface area contributed by atoms with Crippen LogP contribution in [0.2, 0.25) is 0 Å². The number of rotatable bonds is 3. The van der Waals surface area contributed by atoms with Crippen molar-refractivity contribution in [1.29, 1.82) is 0 Å². The van der Waals surface area contributed by atoms with Gasteiger partial charge in [-0.2, -0.15) is 0 Å². The molecular formula is C22H17BrN2O3S. The predicted octanol–water partition coefficient (Wildman–Crippen LogP) is 5.15. The summed E-state index contributed by atoms with van der Waals surface area (Å²) in [5.41, 5.74) is 2.06. The molecule has 2 aromatic carbocycles. The molecule has 3 aromatic rings. The first-order chi connectivity index (χ1) is 13.9. The number of hydrogen-bond acceptors (Lipinski definition) is 5. The number of aliphatic hydroxyl groups excluding tert-OH is 1. The lowest BCUT2D eigenvalue weighted by molar-refractivity contribution is -0.132. The van der Waals surface area contributed by atoms with Crippen LogP contribution in [-0.2, 0) is 9.59 Å². The number of halogens is 1. The third kappa shape index (κ3) is 3.41. The van der Waals surface area contributed by atoms with Crippen molar-refractivity contribution < 1.29 is 14.7 Å². The molecule has 1 atom stereocenters. The van der Waals surface area contributed by atoms with E-state index in [1.165, 1.54) is 16.2 Å². The van der Waals surface area contributed by atoms with Crippen LogP contribution in [-0.4, -0.2) is 21.8 Å². The van der Waals surface area contributed by atoms with E-state index in [0.717, 1.165) is 15.0 Å². The van der Waals surface area contributed by atoms with Crippen LogP contribution in [0.4, 0.5) is 5.13 Å². The Labute approximate surface area is 180 Å². The van der Waals surface area contributed by atoms with Crippen molar-refractivity contribution in [2.75, 3.05) is 4.90 Å². The summed E-state index contributed by atoms with van der Waals surface area (Å²) >= 11 is 4.81. The molecule has 1 aliphatic heterocycles. The van der Waals surface area contributed by atoms with Crippen molar-refractivity contribution in [1.82, 2.24) is 4.98 Å². The maximum atomic E-state index is 13.0. The van der Waals surface area contributed by atoms with Crippen LogP contribution in [0, 0.1) is 13.8 Å². The lowest BCUT2D eigenvalue weighted by Crippen LogP contribution is -2.29. The van der Waals surface area contributed by atoms with E-state index < -0.39 is 17.7 Å². The number of thiazole rings is 1. The summed E-state index contributed by atoms with van der Waals surface area (Å²) in [7, 11) is 0. The van der Waals surface area contributed by atoms with Gasteiger partial charge in [-0.1, -0.05) is 58.4 Å².